The van der Waals surface area contributed by atoms with E-state index in [0.29, 0.717) is 4.99 Å². The molecule has 2 rings (SSSR count). The van der Waals surface area contributed by atoms with Crippen molar-refractivity contribution in [3.63, 3.8) is 0 Å². The molecule has 0 atom stereocenters. The quantitative estimate of drug-likeness (QED) is 0.820. The molecule has 0 heterocycles. The Kier molecular flexibility index (Phi) is 5.20. The van der Waals surface area contributed by atoms with Crippen LogP contribution in [0.2, 0.25) is 0 Å². The molecule has 2 N–H and O–H groups in total. The third kappa shape index (κ3) is 3.95. The number of nitrogens with zero attached hydrogens (tertiary/aromatic N) is 1. The predicted molar refractivity (Wildman–Crippen MR) is 95.1 cm³/mol. The van der Waals surface area contributed by atoms with E-state index in [1.165, 1.54) is 0 Å². The summed E-state index contributed by atoms with van der Waals surface area (Å²) in [5.41, 5.74) is 8.78. The Hall–Kier alpha value is -1.59. The SMILES string of the molecule is COc1ccc(Br)c(CN(C)c2cccc(C(N)=S)c2)c1. The predicted octanol–water partition coefficient (Wildman–Crippen LogP) is 3.73. The topological polar surface area (TPSA) is 38.5 Å². The lowest BCUT2D eigenvalue weighted by atomic mass is 10.1. The maximum absolute atomic E-state index is 5.69. The molecule has 21 heavy (non-hydrogen) atoms. The highest BCUT2D eigenvalue weighted by molar-refractivity contribution is 9.10. The van der Waals surface area contributed by atoms with Gasteiger partial charge in [-0.2, -0.15) is 0 Å². The highest BCUT2D eigenvalue weighted by Gasteiger charge is 2.08. The van der Waals surface area contributed by atoms with Gasteiger partial charge in [-0.25, -0.2) is 0 Å². The van der Waals surface area contributed by atoms with E-state index >= 15 is 0 Å². The average molecular weight is 365 g/mol. The van der Waals surface area contributed by atoms with Crippen LogP contribution < -0.4 is 15.4 Å². The van der Waals surface area contributed by atoms with E-state index in [4.69, 9.17) is 22.7 Å². The van der Waals surface area contributed by atoms with E-state index in [1.54, 1.807) is 7.11 Å². The molecule has 5 heteroatoms. The van der Waals surface area contributed by atoms with Gasteiger partial charge in [0, 0.05) is 29.3 Å². The van der Waals surface area contributed by atoms with Gasteiger partial charge in [-0.15, -0.1) is 0 Å². The van der Waals surface area contributed by atoms with Crippen molar-refractivity contribution in [3.8, 4) is 5.75 Å². The summed E-state index contributed by atoms with van der Waals surface area (Å²) in [7, 11) is 3.70. The Morgan fingerprint density at radius 1 is 1.29 bits per heavy atom. The molecule has 0 aliphatic carbocycles. The van der Waals surface area contributed by atoms with Gasteiger partial charge in [-0.05, 0) is 35.9 Å². The van der Waals surface area contributed by atoms with Gasteiger partial charge in [0.2, 0.25) is 0 Å². The van der Waals surface area contributed by atoms with Gasteiger partial charge < -0.3 is 15.4 Å². The van der Waals surface area contributed by atoms with Crippen molar-refractivity contribution in [2.45, 2.75) is 6.54 Å². The van der Waals surface area contributed by atoms with Crippen molar-refractivity contribution >= 4 is 38.8 Å². The lowest BCUT2D eigenvalue weighted by molar-refractivity contribution is 0.414. The van der Waals surface area contributed by atoms with E-state index in [2.05, 4.69) is 20.8 Å². The molecule has 3 nitrogen and oxygen atoms in total. The zero-order valence-corrected chi connectivity index (χ0v) is 14.4. The van der Waals surface area contributed by atoms with Gasteiger partial charge >= 0.3 is 0 Å². The molecule has 0 aliphatic rings. The van der Waals surface area contributed by atoms with Crippen molar-refractivity contribution in [3.05, 3.63) is 58.1 Å². The number of halogens is 1. The minimum Gasteiger partial charge on any atom is -0.497 e. The zero-order chi connectivity index (χ0) is 15.4. The second kappa shape index (κ2) is 6.91. The maximum Gasteiger partial charge on any atom is 0.119 e. The molecular weight excluding hydrogens is 348 g/mol. The second-order valence-electron chi connectivity index (χ2n) is 4.73. The molecule has 0 amide bonds. The first-order valence-corrected chi connectivity index (χ1v) is 7.65. The third-order valence-corrected chi connectivity index (χ3v) is 4.24. The summed E-state index contributed by atoms with van der Waals surface area (Å²) >= 11 is 8.60. The molecule has 0 saturated heterocycles. The fraction of sp³-hybridized carbons (Fsp3) is 0.188. The summed E-state index contributed by atoms with van der Waals surface area (Å²) in [4.78, 5) is 2.55. The van der Waals surface area contributed by atoms with Crippen LogP contribution in [0.4, 0.5) is 5.69 Å². The molecule has 0 spiro atoms. The largest absolute Gasteiger partial charge is 0.497 e. The highest BCUT2D eigenvalue weighted by Crippen LogP contribution is 2.25. The molecule has 0 fully saturated rings. The lowest BCUT2D eigenvalue weighted by Gasteiger charge is -2.21. The molecule has 0 aliphatic heterocycles. The number of hydrogen-bond donors (Lipinski definition) is 1. The summed E-state index contributed by atoms with van der Waals surface area (Å²) in [5, 5.41) is 0. The normalized spacial score (nSPS) is 10.2. The van der Waals surface area contributed by atoms with Gasteiger partial charge in [0.05, 0.1) is 7.11 Å². The first-order chi connectivity index (χ1) is 10.0. The summed E-state index contributed by atoms with van der Waals surface area (Å²) < 4.78 is 6.33. The van der Waals surface area contributed by atoms with E-state index in [-0.39, 0.29) is 0 Å². The van der Waals surface area contributed by atoms with Gasteiger partial charge in [0.15, 0.2) is 0 Å². The standard InChI is InChI=1S/C16H17BrN2OS/c1-19(13-5-3-4-11(8-13)16(18)21)10-12-9-14(20-2)6-7-15(12)17/h3-9H,10H2,1-2H3,(H2,18,21). The molecular formula is C16H17BrN2OS. The Balaban J connectivity index is 2.23. The van der Waals surface area contributed by atoms with Crippen LogP contribution in [0.15, 0.2) is 46.9 Å². The Labute approximate surface area is 138 Å². The van der Waals surface area contributed by atoms with Crippen molar-refractivity contribution in [2.24, 2.45) is 5.73 Å². The fourth-order valence-electron chi connectivity index (χ4n) is 2.04. The Morgan fingerprint density at radius 3 is 2.71 bits per heavy atom. The van der Waals surface area contributed by atoms with Gasteiger partial charge in [0.1, 0.15) is 10.7 Å². The summed E-state index contributed by atoms with van der Waals surface area (Å²) in [6, 6.07) is 13.9. The van der Waals surface area contributed by atoms with Crippen molar-refractivity contribution < 1.29 is 4.74 Å². The number of methoxy groups -OCH3 is 1. The molecule has 110 valence electrons. The van der Waals surface area contributed by atoms with E-state index < -0.39 is 0 Å². The van der Waals surface area contributed by atoms with E-state index in [0.717, 1.165) is 33.6 Å². The minimum atomic E-state index is 0.410. The minimum absolute atomic E-state index is 0.410. The van der Waals surface area contributed by atoms with Crippen molar-refractivity contribution in [2.75, 3.05) is 19.1 Å². The number of thiocarbonyl (C=S) groups is 1. The van der Waals surface area contributed by atoms with Crippen LogP contribution in [0.1, 0.15) is 11.1 Å². The second-order valence-corrected chi connectivity index (χ2v) is 6.02. The zero-order valence-electron chi connectivity index (χ0n) is 12.0. The van der Waals surface area contributed by atoms with E-state index in [9.17, 15) is 0 Å². The lowest BCUT2D eigenvalue weighted by Crippen LogP contribution is -2.18. The van der Waals surface area contributed by atoms with Crippen LogP contribution in [0.3, 0.4) is 0 Å². The van der Waals surface area contributed by atoms with Crippen LogP contribution in [0, 0.1) is 0 Å². The molecule has 0 aromatic heterocycles. The van der Waals surface area contributed by atoms with Crippen molar-refractivity contribution in [1.29, 1.82) is 0 Å². The van der Waals surface area contributed by atoms with Crippen LogP contribution in [-0.4, -0.2) is 19.1 Å². The van der Waals surface area contributed by atoms with Gasteiger partial charge in [-0.3, -0.25) is 0 Å². The summed E-state index contributed by atoms with van der Waals surface area (Å²) in [6.07, 6.45) is 0. The maximum atomic E-state index is 5.69. The third-order valence-electron chi connectivity index (χ3n) is 3.23. The summed E-state index contributed by atoms with van der Waals surface area (Å²) in [5.74, 6) is 0.846. The van der Waals surface area contributed by atoms with Crippen molar-refractivity contribution in [1.82, 2.24) is 0 Å². The smallest absolute Gasteiger partial charge is 0.119 e. The molecule has 0 saturated carbocycles. The number of anilines is 1. The van der Waals surface area contributed by atoms with Crippen LogP contribution in [0.25, 0.3) is 0 Å². The Morgan fingerprint density at radius 2 is 2.05 bits per heavy atom. The average Bonchev–Trinajstić information content (AvgIpc) is 2.49. The molecule has 0 radical (unpaired) electrons. The molecule has 0 unspecified atom stereocenters. The fourth-order valence-corrected chi connectivity index (χ4v) is 2.54. The summed E-state index contributed by atoms with van der Waals surface area (Å²) in [6.45, 7) is 0.749. The molecule has 0 bridgehead atoms. The van der Waals surface area contributed by atoms with Crippen LogP contribution in [-0.2, 0) is 6.54 Å². The molecule has 2 aromatic carbocycles. The van der Waals surface area contributed by atoms with Gasteiger partial charge in [0.25, 0.3) is 0 Å². The number of hydrogen-bond acceptors (Lipinski definition) is 3. The number of benzene rings is 2. The number of rotatable bonds is 5. The van der Waals surface area contributed by atoms with Gasteiger partial charge in [-0.1, -0.05) is 40.3 Å². The highest BCUT2D eigenvalue weighted by atomic mass is 79.9. The van der Waals surface area contributed by atoms with Crippen LogP contribution in [0.5, 0.6) is 5.75 Å². The first kappa shape index (κ1) is 15.8. The Bertz CT molecular complexity index is 660. The first-order valence-electron chi connectivity index (χ1n) is 6.44. The van der Waals surface area contributed by atoms with Crippen LogP contribution >= 0.6 is 28.1 Å². The number of nitrogens with two attached hydrogens (primary N) is 1. The monoisotopic (exact) mass is 364 g/mol. The van der Waals surface area contributed by atoms with E-state index in [1.807, 2.05) is 49.5 Å². The molecule has 2 aromatic rings. The number of ether oxygens (including phenoxy) is 1.